The summed E-state index contributed by atoms with van der Waals surface area (Å²) in [6.07, 6.45) is -4.30. The third-order valence-electron chi connectivity index (χ3n) is 3.05. The minimum Gasteiger partial charge on any atom is -0.395 e. The fraction of sp³-hybridized carbons (Fsp3) is 1.00. The molecule has 0 rings (SSSR count). The van der Waals surface area contributed by atoms with Crippen molar-refractivity contribution in [3.05, 3.63) is 0 Å². The highest BCUT2D eigenvalue weighted by molar-refractivity contribution is 4.91. The van der Waals surface area contributed by atoms with Gasteiger partial charge in [-0.2, -0.15) is 13.2 Å². The highest BCUT2D eigenvalue weighted by Crippen LogP contribution is 2.26. The van der Waals surface area contributed by atoms with E-state index in [-0.39, 0.29) is 18.1 Å². The largest absolute Gasteiger partial charge is 0.401 e. The summed E-state index contributed by atoms with van der Waals surface area (Å²) in [7, 11) is 0. The third kappa shape index (κ3) is 5.54. The summed E-state index contributed by atoms with van der Waals surface area (Å²) >= 11 is 0. The minimum atomic E-state index is -4.30. The van der Waals surface area contributed by atoms with E-state index in [1.54, 1.807) is 13.8 Å². The Morgan fingerprint density at radius 2 is 1.61 bits per heavy atom. The molecule has 3 nitrogen and oxygen atoms in total. The molecule has 0 amide bonds. The maximum atomic E-state index is 12.6. The zero-order valence-electron chi connectivity index (χ0n) is 11.8. The first kappa shape index (κ1) is 17.7. The summed E-state index contributed by atoms with van der Waals surface area (Å²) in [6, 6.07) is -1.57. The Kier molecular flexibility index (Phi) is 6.10. The van der Waals surface area contributed by atoms with E-state index in [2.05, 4.69) is 0 Å². The van der Waals surface area contributed by atoms with Crippen LogP contribution in [0.4, 0.5) is 13.2 Å². The second-order valence-corrected chi connectivity index (χ2v) is 6.02. The van der Waals surface area contributed by atoms with Crippen molar-refractivity contribution in [2.75, 3.05) is 13.2 Å². The molecule has 0 saturated carbocycles. The van der Waals surface area contributed by atoms with E-state index in [4.69, 9.17) is 5.73 Å². The van der Waals surface area contributed by atoms with Crippen LogP contribution >= 0.6 is 0 Å². The number of alkyl halides is 3. The fourth-order valence-corrected chi connectivity index (χ4v) is 1.89. The lowest BCUT2D eigenvalue weighted by Crippen LogP contribution is -2.59. The van der Waals surface area contributed by atoms with Gasteiger partial charge in [-0.1, -0.05) is 20.8 Å². The number of aliphatic hydroxyl groups excluding tert-OH is 1. The lowest BCUT2D eigenvalue weighted by atomic mass is 9.82. The smallest absolute Gasteiger partial charge is 0.395 e. The van der Waals surface area contributed by atoms with Crippen molar-refractivity contribution in [2.45, 2.75) is 58.9 Å². The van der Waals surface area contributed by atoms with Crippen LogP contribution in [0.15, 0.2) is 0 Å². The van der Waals surface area contributed by atoms with Crippen molar-refractivity contribution < 1.29 is 18.3 Å². The van der Waals surface area contributed by atoms with Crippen LogP contribution < -0.4 is 5.73 Å². The molecule has 0 aliphatic heterocycles. The second-order valence-electron chi connectivity index (χ2n) is 6.02. The van der Waals surface area contributed by atoms with Gasteiger partial charge in [-0.25, -0.2) is 0 Å². The Bertz CT molecular complexity index is 249. The minimum absolute atomic E-state index is 0.336. The Hall–Kier alpha value is -0.330. The van der Waals surface area contributed by atoms with Gasteiger partial charge in [-0.05, 0) is 19.3 Å². The van der Waals surface area contributed by atoms with Crippen LogP contribution in [0, 0.1) is 5.41 Å². The van der Waals surface area contributed by atoms with Gasteiger partial charge in [-0.3, -0.25) is 4.90 Å². The molecule has 2 unspecified atom stereocenters. The molecule has 110 valence electrons. The fourth-order valence-electron chi connectivity index (χ4n) is 1.89. The molecule has 0 aliphatic carbocycles. The molecule has 18 heavy (non-hydrogen) atoms. The summed E-state index contributed by atoms with van der Waals surface area (Å²) in [5.41, 5.74) is 5.63. The summed E-state index contributed by atoms with van der Waals surface area (Å²) in [5.74, 6) is 0. The maximum absolute atomic E-state index is 12.6. The molecule has 3 N–H and O–H groups in total. The number of nitrogens with zero attached hydrogens (tertiary/aromatic N) is 1. The van der Waals surface area contributed by atoms with Gasteiger partial charge in [0.1, 0.15) is 0 Å². The number of halogens is 3. The van der Waals surface area contributed by atoms with Crippen molar-refractivity contribution in [3.8, 4) is 0 Å². The molecular weight excluding hydrogens is 245 g/mol. The van der Waals surface area contributed by atoms with E-state index in [1.165, 1.54) is 4.90 Å². The van der Waals surface area contributed by atoms with Gasteiger partial charge in [0.05, 0.1) is 13.2 Å². The lowest BCUT2D eigenvalue weighted by molar-refractivity contribution is -0.159. The van der Waals surface area contributed by atoms with Gasteiger partial charge in [0.15, 0.2) is 0 Å². The number of rotatable bonds is 5. The van der Waals surface area contributed by atoms with Gasteiger partial charge in [0, 0.05) is 18.1 Å². The molecule has 2 atom stereocenters. The average molecular weight is 270 g/mol. The van der Waals surface area contributed by atoms with Crippen molar-refractivity contribution >= 4 is 0 Å². The van der Waals surface area contributed by atoms with Crippen LogP contribution in [-0.4, -0.2) is 47.5 Å². The lowest BCUT2D eigenvalue weighted by Gasteiger charge is -2.42. The van der Waals surface area contributed by atoms with Crippen LogP contribution in [0.3, 0.4) is 0 Å². The Balaban J connectivity index is 5.06. The summed E-state index contributed by atoms with van der Waals surface area (Å²) in [6.45, 7) is 7.46. The molecule has 0 aromatic carbocycles. The molecule has 0 saturated heterocycles. The van der Waals surface area contributed by atoms with E-state index in [1.807, 2.05) is 20.8 Å². The Morgan fingerprint density at radius 1 is 1.17 bits per heavy atom. The van der Waals surface area contributed by atoms with Gasteiger partial charge in [0.25, 0.3) is 0 Å². The van der Waals surface area contributed by atoms with Gasteiger partial charge >= 0.3 is 6.18 Å². The number of hydrogen-bond donors (Lipinski definition) is 2. The molecule has 6 heteroatoms. The molecule has 0 aromatic heterocycles. The first-order valence-electron chi connectivity index (χ1n) is 6.09. The quantitative estimate of drug-likeness (QED) is 0.803. The molecule has 0 aromatic rings. The van der Waals surface area contributed by atoms with Gasteiger partial charge in [0.2, 0.25) is 0 Å². The first-order valence-corrected chi connectivity index (χ1v) is 6.09. The Morgan fingerprint density at radius 3 is 1.83 bits per heavy atom. The zero-order valence-corrected chi connectivity index (χ0v) is 11.8. The molecule has 0 aliphatic rings. The van der Waals surface area contributed by atoms with Gasteiger partial charge in [-0.15, -0.1) is 0 Å². The normalized spacial score (nSPS) is 17.3. The van der Waals surface area contributed by atoms with E-state index in [0.717, 1.165) is 0 Å². The maximum Gasteiger partial charge on any atom is 0.401 e. The molecular formula is C12H25F3N2O. The molecule has 0 heterocycles. The van der Waals surface area contributed by atoms with Crippen LogP contribution in [0.2, 0.25) is 0 Å². The molecule has 0 bridgehead atoms. The highest BCUT2D eigenvalue weighted by Gasteiger charge is 2.39. The van der Waals surface area contributed by atoms with Crippen LogP contribution in [0.5, 0.6) is 0 Å². The topological polar surface area (TPSA) is 49.5 Å². The van der Waals surface area contributed by atoms with Crippen molar-refractivity contribution in [3.63, 3.8) is 0 Å². The summed E-state index contributed by atoms with van der Waals surface area (Å²) in [5, 5.41) is 9.39. The number of aliphatic hydroxyl groups is 1. The number of hydrogen-bond acceptors (Lipinski definition) is 3. The monoisotopic (exact) mass is 270 g/mol. The van der Waals surface area contributed by atoms with E-state index in [9.17, 15) is 18.3 Å². The summed E-state index contributed by atoms with van der Waals surface area (Å²) in [4.78, 5) is 1.22. The SMILES string of the molecule is CC(C)N(CC(F)(F)F)C(CO)C(N)C(C)(C)C. The zero-order chi connectivity index (χ0) is 14.7. The number of nitrogens with two attached hydrogens (primary N) is 1. The predicted molar refractivity (Wildman–Crippen MR) is 66.2 cm³/mol. The van der Waals surface area contributed by atoms with Crippen LogP contribution in [0.1, 0.15) is 34.6 Å². The van der Waals surface area contributed by atoms with E-state index < -0.39 is 24.8 Å². The van der Waals surface area contributed by atoms with Crippen molar-refractivity contribution in [1.29, 1.82) is 0 Å². The summed E-state index contributed by atoms with van der Waals surface area (Å²) < 4.78 is 37.7. The van der Waals surface area contributed by atoms with Crippen molar-refractivity contribution in [1.82, 2.24) is 4.90 Å². The second kappa shape index (κ2) is 6.21. The third-order valence-corrected chi connectivity index (χ3v) is 3.05. The van der Waals surface area contributed by atoms with E-state index in [0.29, 0.717) is 0 Å². The van der Waals surface area contributed by atoms with Crippen LogP contribution in [-0.2, 0) is 0 Å². The standard InChI is InChI=1S/C12H25F3N2O/c1-8(2)17(7-12(13,14)15)9(6-18)10(16)11(3,4)5/h8-10,18H,6-7,16H2,1-5H3. The molecule has 0 fully saturated rings. The molecule has 0 radical (unpaired) electrons. The first-order chi connectivity index (χ1) is 7.90. The highest BCUT2D eigenvalue weighted by atomic mass is 19.4. The predicted octanol–water partition coefficient (Wildman–Crippen LogP) is 1.99. The van der Waals surface area contributed by atoms with E-state index >= 15 is 0 Å². The Labute approximate surface area is 107 Å². The molecule has 0 spiro atoms. The van der Waals surface area contributed by atoms with Crippen molar-refractivity contribution in [2.24, 2.45) is 11.1 Å². The average Bonchev–Trinajstić information content (AvgIpc) is 2.13. The van der Waals surface area contributed by atoms with Gasteiger partial charge < -0.3 is 10.8 Å². The van der Waals surface area contributed by atoms with Crippen LogP contribution in [0.25, 0.3) is 0 Å².